The summed E-state index contributed by atoms with van der Waals surface area (Å²) < 4.78 is 0. The summed E-state index contributed by atoms with van der Waals surface area (Å²) in [6.45, 7) is 5.01. The lowest BCUT2D eigenvalue weighted by molar-refractivity contribution is -0.114. The van der Waals surface area contributed by atoms with Crippen molar-refractivity contribution in [2.24, 2.45) is 39.7 Å². The average molecular weight is 319 g/mol. The van der Waals surface area contributed by atoms with Gasteiger partial charge >= 0.3 is 0 Å². The van der Waals surface area contributed by atoms with Crippen LogP contribution in [0.1, 0.15) is 71.6 Å². The Bertz CT molecular complexity index is 504. The van der Waals surface area contributed by atoms with Gasteiger partial charge in [0.25, 0.3) is 0 Å². The van der Waals surface area contributed by atoms with E-state index < -0.39 is 0 Å². The highest BCUT2D eigenvalue weighted by Gasteiger charge is 2.59. The molecule has 4 aliphatic rings. The molecule has 4 rings (SSSR count). The standard InChI is InChI=1S/C20H33NO2/c1-19-10-8-14(22)12-13(19)4-5-15-16-6-7-18(21-23-3)20(16,2)11-9-17(15)19/h13-17,22H,4-12H2,1-3H3/b21-18+/t13-,14-,15-,16-,17-,19-,20-/m0/s1. The number of rotatable bonds is 1. The summed E-state index contributed by atoms with van der Waals surface area (Å²) in [5.41, 5.74) is 2.09. The molecule has 0 bridgehead atoms. The lowest BCUT2D eigenvalue weighted by Crippen LogP contribution is -2.54. The number of hydrogen-bond acceptors (Lipinski definition) is 3. The van der Waals surface area contributed by atoms with E-state index in [4.69, 9.17) is 4.84 Å². The van der Waals surface area contributed by atoms with Crippen molar-refractivity contribution in [2.75, 3.05) is 7.11 Å². The lowest BCUT2D eigenvalue weighted by Gasteiger charge is -2.60. The van der Waals surface area contributed by atoms with Crippen LogP contribution < -0.4 is 0 Å². The topological polar surface area (TPSA) is 41.8 Å². The molecule has 23 heavy (non-hydrogen) atoms. The van der Waals surface area contributed by atoms with E-state index in [1.165, 1.54) is 44.2 Å². The SMILES string of the molecule is CO/N=C1\CC[C@H]2[C@@H]3CC[C@H]4C[C@@H](O)CC[C@]4(C)[C@H]3CC[C@]12C. The molecule has 0 amide bonds. The summed E-state index contributed by atoms with van der Waals surface area (Å²) in [4.78, 5) is 5.15. The first-order chi connectivity index (χ1) is 11.0. The average Bonchev–Trinajstić information content (AvgIpc) is 2.85. The molecule has 1 N–H and O–H groups in total. The smallest absolute Gasteiger partial charge is 0.106 e. The Labute approximate surface area is 140 Å². The minimum Gasteiger partial charge on any atom is -0.399 e. The van der Waals surface area contributed by atoms with Crippen LogP contribution in [0.15, 0.2) is 5.16 Å². The maximum absolute atomic E-state index is 10.1. The molecule has 0 spiro atoms. The zero-order chi connectivity index (χ0) is 16.2. The van der Waals surface area contributed by atoms with Gasteiger partial charge in [-0.1, -0.05) is 19.0 Å². The van der Waals surface area contributed by atoms with Gasteiger partial charge in [-0.2, -0.15) is 0 Å². The number of aliphatic hydroxyl groups is 1. The van der Waals surface area contributed by atoms with E-state index >= 15 is 0 Å². The predicted molar refractivity (Wildman–Crippen MR) is 92.2 cm³/mol. The second-order valence-electron chi connectivity index (χ2n) is 9.30. The number of aliphatic hydroxyl groups excluding tert-OH is 1. The normalized spacial score (nSPS) is 54.3. The van der Waals surface area contributed by atoms with Gasteiger partial charge in [-0.05, 0) is 86.9 Å². The van der Waals surface area contributed by atoms with Crippen LogP contribution in [-0.4, -0.2) is 24.0 Å². The zero-order valence-corrected chi connectivity index (χ0v) is 15.1. The van der Waals surface area contributed by atoms with Crippen molar-refractivity contribution >= 4 is 5.71 Å². The third kappa shape index (κ3) is 2.22. The molecule has 4 saturated carbocycles. The van der Waals surface area contributed by atoms with Crippen LogP contribution in [-0.2, 0) is 4.84 Å². The third-order valence-electron chi connectivity index (χ3n) is 8.58. The van der Waals surface area contributed by atoms with Crippen molar-refractivity contribution < 1.29 is 9.94 Å². The Kier molecular flexibility index (Phi) is 3.79. The fourth-order valence-electron chi connectivity index (χ4n) is 7.28. The molecular formula is C20H33NO2. The van der Waals surface area contributed by atoms with Gasteiger partial charge in [0.05, 0.1) is 11.8 Å². The zero-order valence-electron chi connectivity index (χ0n) is 15.1. The molecule has 4 aliphatic carbocycles. The van der Waals surface area contributed by atoms with Crippen molar-refractivity contribution in [1.29, 1.82) is 0 Å². The maximum Gasteiger partial charge on any atom is 0.106 e. The second kappa shape index (κ2) is 5.47. The Morgan fingerprint density at radius 2 is 1.87 bits per heavy atom. The molecule has 130 valence electrons. The highest BCUT2D eigenvalue weighted by molar-refractivity contribution is 5.92. The number of oxime groups is 1. The van der Waals surface area contributed by atoms with E-state index in [0.29, 0.717) is 5.41 Å². The van der Waals surface area contributed by atoms with Crippen LogP contribution in [0.2, 0.25) is 0 Å². The van der Waals surface area contributed by atoms with Crippen LogP contribution in [0.3, 0.4) is 0 Å². The molecule has 4 fully saturated rings. The summed E-state index contributed by atoms with van der Waals surface area (Å²) in [6, 6.07) is 0. The summed E-state index contributed by atoms with van der Waals surface area (Å²) in [6.07, 6.45) is 11.1. The molecule has 0 aromatic rings. The first kappa shape index (κ1) is 15.9. The summed E-state index contributed by atoms with van der Waals surface area (Å²) in [5, 5.41) is 14.5. The van der Waals surface area contributed by atoms with E-state index in [2.05, 4.69) is 19.0 Å². The Morgan fingerprint density at radius 1 is 1.04 bits per heavy atom. The van der Waals surface area contributed by atoms with Crippen LogP contribution in [0, 0.1) is 34.5 Å². The van der Waals surface area contributed by atoms with Crippen molar-refractivity contribution in [2.45, 2.75) is 77.7 Å². The highest BCUT2D eigenvalue weighted by atomic mass is 16.6. The largest absolute Gasteiger partial charge is 0.399 e. The molecule has 3 nitrogen and oxygen atoms in total. The molecule has 3 heteroatoms. The van der Waals surface area contributed by atoms with Gasteiger partial charge in [-0.25, -0.2) is 0 Å². The van der Waals surface area contributed by atoms with Crippen molar-refractivity contribution in [3.63, 3.8) is 0 Å². The summed E-state index contributed by atoms with van der Waals surface area (Å²) in [5.74, 6) is 3.30. The fraction of sp³-hybridized carbons (Fsp3) is 0.950. The molecule has 0 unspecified atom stereocenters. The van der Waals surface area contributed by atoms with Gasteiger partial charge in [0.15, 0.2) is 0 Å². The van der Waals surface area contributed by atoms with Gasteiger partial charge in [0, 0.05) is 5.41 Å². The monoisotopic (exact) mass is 319 g/mol. The number of hydrogen-bond donors (Lipinski definition) is 1. The van der Waals surface area contributed by atoms with Crippen molar-refractivity contribution in [1.82, 2.24) is 0 Å². The minimum absolute atomic E-state index is 0.0367. The maximum atomic E-state index is 10.1. The second-order valence-corrected chi connectivity index (χ2v) is 9.30. The number of fused-ring (bicyclic) bond motifs is 5. The van der Waals surface area contributed by atoms with E-state index in [9.17, 15) is 5.11 Å². The van der Waals surface area contributed by atoms with Gasteiger partial charge in [0.1, 0.15) is 7.11 Å². The first-order valence-corrected chi connectivity index (χ1v) is 9.77. The molecule has 0 saturated heterocycles. The Hall–Kier alpha value is -0.570. The molecule has 7 atom stereocenters. The molecule has 0 aromatic heterocycles. The van der Waals surface area contributed by atoms with Gasteiger partial charge in [0.2, 0.25) is 0 Å². The van der Waals surface area contributed by atoms with Crippen LogP contribution in [0.25, 0.3) is 0 Å². The van der Waals surface area contributed by atoms with Gasteiger partial charge in [-0.15, -0.1) is 0 Å². The Balaban J connectivity index is 1.62. The molecular weight excluding hydrogens is 286 g/mol. The quantitative estimate of drug-likeness (QED) is 0.728. The molecule has 0 aromatic carbocycles. The molecule has 0 aliphatic heterocycles. The van der Waals surface area contributed by atoms with Gasteiger partial charge in [-0.3, -0.25) is 0 Å². The predicted octanol–water partition coefficient (Wildman–Crippen LogP) is 4.39. The fourth-order valence-corrected chi connectivity index (χ4v) is 7.28. The van der Waals surface area contributed by atoms with Crippen molar-refractivity contribution in [3.05, 3.63) is 0 Å². The minimum atomic E-state index is -0.0367. The van der Waals surface area contributed by atoms with Crippen LogP contribution >= 0.6 is 0 Å². The molecule has 0 heterocycles. The van der Waals surface area contributed by atoms with Gasteiger partial charge < -0.3 is 9.94 Å². The Morgan fingerprint density at radius 3 is 2.65 bits per heavy atom. The van der Waals surface area contributed by atoms with E-state index in [1.54, 1.807) is 7.11 Å². The van der Waals surface area contributed by atoms with Crippen molar-refractivity contribution in [3.8, 4) is 0 Å². The van der Waals surface area contributed by atoms with E-state index in [-0.39, 0.29) is 11.5 Å². The van der Waals surface area contributed by atoms with Crippen LogP contribution in [0.4, 0.5) is 0 Å². The summed E-state index contributed by atoms with van der Waals surface area (Å²) in [7, 11) is 1.69. The molecule has 0 radical (unpaired) electrons. The summed E-state index contributed by atoms with van der Waals surface area (Å²) >= 11 is 0. The number of nitrogens with zero attached hydrogens (tertiary/aromatic N) is 1. The third-order valence-corrected chi connectivity index (χ3v) is 8.58. The lowest BCUT2D eigenvalue weighted by atomic mass is 9.45. The van der Waals surface area contributed by atoms with Crippen LogP contribution in [0.5, 0.6) is 0 Å². The highest BCUT2D eigenvalue weighted by Crippen LogP contribution is 2.65. The first-order valence-electron chi connectivity index (χ1n) is 9.77. The van der Waals surface area contributed by atoms with E-state index in [1.807, 2.05) is 0 Å². The van der Waals surface area contributed by atoms with E-state index in [0.717, 1.165) is 42.9 Å².